The molecule has 0 bridgehead atoms. The van der Waals surface area contributed by atoms with E-state index in [-0.39, 0.29) is 35.8 Å². The highest BCUT2D eigenvalue weighted by Gasteiger charge is 2.17. The molecule has 220 valence electrons. The summed E-state index contributed by atoms with van der Waals surface area (Å²) in [5.41, 5.74) is 1.98. The third kappa shape index (κ3) is 7.56. The maximum atomic E-state index is 14.9. The minimum atomic E-state index is -0.585. The van der Waals surface area contributed by atoms with Crippen LogP contribution in [0.4, 0.5) is 8.78 Å². The minimum Gasteiger partial charge on any atom is -0.456 e. The number of halogens is 2. The number of hydrogen-bond acceptors (Lipinski definition) is 7. The highest BCUT2D eigenvalue weighted by atomic mass is 32.1. The lowest BCUT2D eigenvalue weighted by Crippen LogP contribution is -2.45. The van der Waals surface area contributed by atoms with Gasteiger partial charge in [0, 0.05) is 63.9 Å². The molecule has 5 rings (SSSR count). The summed E-state index contributed by atoms with van der Waals surface area (Å²) in [6.07, 6.45) is 2.20. The normalized spacial score (nSPS) is 14.3. The van der Waals surface area contributed by atoms with Gasteiger partial charge < -0.3 is 19.9 Å². The third-order valence-electron chi connectivity index (χ3n) is 7.36. The highest BCUT2D eigenvalue weighted by Crippen LogP contribution is 2.35. The molecule has 10 heteroatoms. The van der Waals surface area contributed by atoms with Crippen LogP contribution in [0.3, 0.4) is 0 Å². The van der Waals surface area contributed by atoms with Gasteiger partial charge >= 0.3 is 0 Å². The number of ether oxygens (including phenoxy) is 1. The van der Waals surface area contributed by atoms with Gasteiger partial charge in [0.05, 0.1) is 15.1 Å². The zero-order valence-corrected chi connectivity index (χ0v) is 24.6. The summed E-state index contributed by atoms with van der Waals surface area (Å²) >= 11 is 1.27. The molecule has 0 radical (unpaired) electrons. The molecule has 1 fully saturated rings. The molecule has 0 saturated carbocycles. The average Bonchev–Trinajstić information content (AvgIpc) is 3.41. The molecule has 0 unspecified atom stereocenters. The number of aryl methyl sites for hydroxylation is 1. The highest BCUT2D eigenvalue weighted by molar-refractivity contribution is 7.21. The number of thiophene rings is 1. The van der Waals surface area contributed by atoms with E-state index < -0.39 is 11.6 Å². The van der Waals surface area contributed by atoms with Crippen molar-refractivity contribution in [2.45, 2.75) is 26.2 Å². The molecule has 0 spiro atoms. The topological polar surface area (TPSA) is 74.8 Å². The standard InChI is InChI=1S/C32H34F2N4O3S/c1-21-4-7-26(33)23(16-21)18-24(39)17-22-5-6-25(19-27(22)34)41-29-8-10-35-28-20-30(42-31(28)29)32(40)36-9-3-11-38-14-12-37(2)13-15-38/h4-8,10,16,19-20H,3,9,11-15,17-18H2,1-2H3,(H,36,40). The maximum Gasteiger partial charge on any atom is 0.261 e. The first-order valence-electron chi connectivity index (χ1n) is 14.1. The van der Waals surface area contributed by atoms with Crippen molar-refractivity contribution in [1.82, 2.24) is 20.1 Å². The van der Waals surface area contributed by atoms with Crippen LogP contribution in [0.1, 0.15) is 32.8 Å². The van der Waals surface area contributed by atoms with Crippen LogP contribution >= 0.6 is 11.3 Å². The lowest BCUT2D eigenvalue weighted by Gasteiger charge is -2.32. The predicted octanol–water partition coefficient (Wildman–Crippen LogP) is 5.40. The van der Waals surface area contributed by atoms with Crippen molar-refractivity contribution in [1.29, 1.82) is 0 Å². The van der Waals surface area contributed by atoms with Gasteiger partial charge in [-0.3, -0.25) is 14.6 Å². The summed E-state index contributed by atoms with van der Waals surface area (Å²) < 4.78 is 35.6. The summed E-state index contributed by atoms with van der Waals surface area (Å²) in [4.78, 5) is 35.0. The zero-order chi connectivity index (χ0) is 29.6. The van der Waals surface area contributed by atoms with E-state index in [1.807, 2.05) is 6.92 Å². The Bertz CT molecular complexity index is 1580. The second kappa shape index (κ2) is 13.5. The molecule has 1 N–H and O–H groups in total. The summed E-state index contributed by atoms with van der Waals surface area (Å²) in [5.74, 6) is -0.767. The lowest BCUT2D eigenvalue weighted by molar-refractivity contribution is -0.117. The number of nitrogens with one attached hydrogen (secondary N) is 1. The van der Waals surface area contributed by atoms with Crippen LogP contribution in [-0.4, -0.2) is 72.8 Å². The Balaban J connectivity index is 1.18. The van der Waals surface area contributed by atoms with E-state index in [0.29, 0.717) is 33.0 Å². The number of hydrogen-bond donors (Lipinski definition) is 1. The lowest BCUT2D eigenvalue weighted by atomic mass is 10.0. The Morgan fingerprint density at radius 3 is 2.55 bits per heavy atom. The number of ketones is 1. The van der Waals surface area contributed by atoms with Gasteiger partial charge in [0.1, 0.15) is 28.9 Å². The zero-order valence-electron chi connectivity index (χ0n) is 23.8. The molecule has 1 saturated heterocycles. The molecule has 1 amide bonds. The third-order valence-corrected chi connectivity index (χ3v) is 8.50. The first kappa shape index (κ1) is 29.8. The van der Waals surface area contributed by atoms with Crippen LogP contribution in [-0.2, 0) is 17.6 Å². The minimum absolute atomic E-state index is 0.106. The number of amides is 1. The number of rotatable bonds is 11. The van der Waals surface area contributed by atoms with Gasteiger partial charge in [-0.25, -0.2) is 8.78 Å². The fourth-order valence-electron chi connectivity index (χ4n) is 4.96. The molecule has 1 aliphatic heterocycles. The Hall–Kier alpha value is -3.73. The number of piperazine rings is 1. The number of likely N-dealkylation sites (N-methyl/N-ethyl adjacent to an activating group) is 1. The second-order valence-electron chi connectivity index (χ2n) is 10.7. The quantitative estimate of drug-likeness (QED) is 0.235. The van der Waals surface area contributed by atoms with Gasteiger partial charge in [-0.2, -0.15) is 0 Å². The molecular formula is C32H34F2N4O3S. The number of nitrogens with zero attached hydrogens (tertiary/aromatic N) is 3. The molecular weight excluding hydrogens is 558 g/mol. The van der Waals surface area contributed by atoms with E-state index in [1.165, 1.54) is 29.5 Å². The van der Waals surface area contributed by atoms with Crippen LogP contribution in [0.15, 0.2) is 54.7 Å². The summed E-state index contributed by atoms with van der Waals surface area (Å²) in [6, 6.07) is 12.3. The van der Waals surface area contributed by atoms with Crippen LogP contribution in [0.5, 0.6) is 11.5 Å². The Labute approximate surface area is 248 Å². The summed E-state index contributed by atoms with van der Waals surface area (Å²) in [7, 11) is 2.13. The molecule has 0 aliphatic carbocycles. The van der Waals surface area contributed by atoms with Gasteiger partial charge in [-0.15, -0.1) is 11.3 Å². The molecule has 3 heterocycles. The fraction of sp³-hybridized carbons (Fsp3) is 0.344. The molecule has 2 aromatic heterocycles. The van der Waals surface area contributed by atoms with Crippen LogP contribution in [0.2, 0.25) is 0 Å². The van der Waals surface area contributed by atoms with E-state index >= 15 is 0 Å². The SMILES string of the molecule is Cc1ccc(F)c(CC(=O)Cc2ccc(Oc3ccnc4cc(C(=O)NCCCN5CCN(C)CC5)sc34)cc2F)c1. The number of Topliss-reactive ketones (excluding diaryl/α,β-unsaturated/α-hetero) is 1. The second-order valence-corrected chi connectivity index (χ2v) is 11.8. The summed E-state index contributed by atoms with van der Waals surface area (Å²) in [6.45, 7) is 7.60. The number of pyridine rings is 1. The molecule has 2 aromatic carbocycles. The largest absolute Gasteiger partial charge is 0.456 e. The Kier molecular flexibility index (Phi) is 9.56. The van der Waals surface area contributed by atoms with Gasteiger partial charge in [0.15, 0.2) is 0 Å². The number of fused-ring (bicyclic) bond motifs is 1. The van der Waals surface area contributed by atoms with Gasteiger partial charge in [0.2, 0.25) is 0 Å². The maximum absolute atomic E-state index is 14.9. The van der Waals surface area contributed by atoms with Crippen molar-refractivity contribution in [3.8, 4) is 11.5 Å². The van der Waals surface area contributed by atoms with Gasteiger partial charge in [-0.1, -0.05) is 23.8 Å². The Morgan fingerprint density at radius 2 is 1.76 bits per heavy atom. The van der Waals surface area contributed by atoms with Crippen LogP contribution in [0.25, 0.3) is 10.2 Å². The van der Waals surface area contributed by atoms with Crippen molar-refractivity contribution in [3.63, 3.8) is 0 Å². The molecule has 7 nitrogen and oxygen atoms in total. The van der Waals surface area contributed by atoms with Gasteiger partial charge in [-0.05, 0) is 56.3 Å². The smallest absolute Gasteiger partial charge is 0.261 e. The van der Waals surface area contributed by atoms with E-state index in [4.69, 9.17) is 4.74 Å². The van der Waals surface area contributed by atoms with Crippen LogP contribution in [0, 0.1) is 18.6 Å². The van der Waals surface area contributed by atoms with E-state index in [1.54, 1.807) is 36.5 Å². The van der Waals surface area contributed by atoms with Crippen molar-refractivity contribution in [2.75, 3.05) is 46.3 Å². The first-order chi connectivity index (χ1) is 20.2. The summed E-state index contributed by atoms with van der Waals surface area (Å²) in [5, 5.41) is 3.00. The van der Waals surface area contributed by atoms with E-state index in [9.17, 15) is 18.4 Å². The van der Waals surface area contributed by atoms with E-state index in [0.717, 1.165) is 44.7 Å². The van der Waals surface area contributed by atoms with Crippen molar-refractivity contribution < 1.29 is 23.1 Å². The molecule has 0 atom stereocenters. The molecule has 1 aliphatic rings. The van der Waals surface area contributed by atoms with Crippen molar-refractivity contribution >= 4 is 33.2 Å². The number of aromatic nitrogens is 1. The van der Waals surface area contributed by atoms with Crippen molar-refractivity contribution in [2.24, 2.45) is 0 Å². The monoisotopic (exact) mass is 592 g/mol. The first-order valence-corrected chi connectivity index (χ1v) is 14.9. The molecule has 4 aromatic rings. The average molecular weight is 593 g/mol. The fourth-order valence-corrected chi connectivity index (χ4v) is 5.94. The molecule has 42 heavy (non-hydrogen) atoms. The van der Waals surface area contributed by atoms with Gasteiger partial charge in [0.25, 0.3) is 5.91 Å². The van der Waals surface area contributed by atoms with Crippen LogP contribution < -0.4 is 10.1 Å². The number of carbonyl (C=O) groups excluding carboxylic acids is 2. The number of benzene rings is 2. The van der Waals surface area contributed by atoms with E-state index in [2.05, 4.69) is 27.1 Å². The number of carbonyl (C=O) groups is 2. The Morgan fingerprint density at radius 1 is 0.976 bits per heavy atom. The van der Waals surface area contributed by atoms with Crippen molar-refractivity contribution in [3.05, 3.63) is 87.9 Å². The predicted molar refractivity (Wildman–Crippen MR) is 161 cm³/mol.